The Morgan fingerprint density at radius 1 is 1.44 bits per heavy atom. The summed E-state index contributed by atoms with van der Waals surface area (Å²) in [5.74, 6) is 0.482. The summed E-state index contributed by atoms with van der Waals surface area (Å²) in [7, 11) is 1.43. The van der Waals surface area contributed by atoms with Crippen LogP contribution in [0.5, 0.6) is 0 Å². The fourth-order valence-corrected chi connectivity index (χ4v) is 2.07. The molecule has 0 amide bonds. The summed E-state index contributed by atoms with van der Waals surface area (Å²) in [6, 6.07) is 0.653. The zero-order valence-electron chi connectivity index (χ0n) is 10.6. The van der Waals surface area contributed by atoms with Gasteiger partial charge in [0.25, 0.3) is 0 Å². The fraction of sp³-hybridized carbons (Fsp3) is 0.769. The van der Waals surface area contributed by atoms with Gasteiger partial charge in [-0.15, -0.1) is 0 Å². The third-order valence-electron chi connectivity index (χ3n) is 3.22. The number of esters is 1. The van der Waals surface area contributed by atoms with Gasteiger partial charge in [-0.05, 0) is 45.7 Å². The number of likely N-dealkylation sites (tertiary alicyclic amines) is 1. The molecule has 3 nitrogen and oxygen atoms in total. The minimum atomic E-state index is -0.157. The van der Waals surface area contributed by atoms with E-state index in [0.717, 1.165) is 0 Å². The molecule has 0 bridgehead atoms. The van der Waals surface area contributed by atoms with Crippen molar-refractivity contribution in [3.05, 3.63) is 12.2 Å². The first-order chi connectivity index (χ1) is 7.63. The van der Waals surface area contributed by atoms with Crippen LogP contribution in [0.4, 0.5) is 0 Å². The first-order valence-electron chi connectivity index (χ1n) is 6.11. The van der Waals surface area contributed by atoms with Crippen molar-refractivity contribution in [1.82, 2.24) is 4.90 Å². The number of ether oxygens (including phenoxy) is 1. The number of hydrogen-bond donors (Lipinski definition) is 0. The molecule has 0 aromatic heterocycles. The van der Waals surface area contributed by atoms with Gasteiger partial charge in [0, 0.05) is 6.04 Å². The molecule has 1 saturated heterocycles. The molecule has 3 heteroatoms. The van der Waals surface area contributed by atoms with E-state index in [2.05, 4.69) is 29.6 Å². The molecular formula is C13H23NO2. The van der Waals surface area contributed by atoms with Crippen LogP contribution in [0.3, 0.4) is 0 Å². The quantitative estimate of drug-likeness (QED) is 0.543. The lowest BCUT2D eigenvalue weighted by Crippen LogP contribution is -2.38. The number of carbonyl (C=O) groups excluding carboxylic acids is 1. The van der Waals surface area contributed by atoms with Gasteiger partial charge in [-0.3, -0.25) is 4.79 Å². The molecule has 0 atom stereocenters. The lowest BCUT2D eigenvalue weighted by atomic mass is 9.95. The highest BCUT2D eigenvalue weighted by atomic mass is 16.5. The average molecular weight is 225 g/mol. The minimum absolute atomic E-state index is 0.157. The van der Waals surface area contributed by atoms with E-state index in [9.17, 15) is 4.79 Å². The van der Waals surface area contributed by atoms with Crippen LogP contribution >= 0.6 is 0 Å². The molecule has 1 rings (SSSR count). The Labute approximate surface area is 98.5 Å². The van der Waals surface area contributed by atoms with Gasteiger partial charge in [-0.25, -0.2) is 0 Å². The first-order valence-corrected chi connectivity index (χ1v) is 6.11. The van der Waals surface area contributed by atoms with Crippen molar-refractivity contribution < 1.29 is 9.53 Å². The van der Waals surface area contributed by atoms with Crippen molar-refractivity contribution >= 4 is 5.97 Å². The molecule has 92 valence electrons. The van der Waals surface area contributed by atoms with E-state index in [1.54, 1.807) is 0 Å². The second-order valence-corrected chi connectivity index (χ2v) is 4.68. The number of carbonyl (C=O) groups is 1. The van der Waals surface area contributed by atoms with E-state index in [1.165, 1.54) is 33.0 Å². The lowest BCUT2D eigenvalue weighted by Gasteiger charge is -2.33. The Morgan fingerprint density at radius 2 is 2.06 bits per heavy atom. The molecule has 0 spiro atoms. The predicted molar refractivity (Wildman–Crippen MR) is 65.2 cm³/mol. The van der Waals surface area contributed by atoms with E-state index in [-0.39, 0.29) is 5.97 Å². The van der Waals surface area contributed by atoms with Crippen LogP contribution in [0.25, 0.3) is 0 Å². The average Bonchev–Trinajstić information content (AvgIpc) is 2.29. The van der Waals surface area contributed by atoms with Crippen molar-refractivity contribution in [2.75, 3.05) is 20.2 Å². The van der Waals surface area contributed by atoms with Crippen LogP contribution in [0, 0.1) is 5.92 Å². The summed E-state index contributed by atoms with van der Waals surface area (Å²) in [5, 5.41) is 0. The highest BCUT2D eigenvalue weighted by Gasteiger charge is 2.18. The van der Waals surface area contributed by atoms with Crippen LogP contribution in [0.15, 0.2) is 12.2 Å². The number of rotatable bonds is 4. The second kappa shape index (κ2) is 6.69. The van der Waals surface area contributed by atoms with Crippen molar-refractivity contribution in [2.24, 2.45) is 5.92 Å². The third kappa shape index (κ3) is 4.35. The fourth-order valence-electron chi connectivity index (χ4n) is 2.07. The summed E-state index contributed by atoms with van der Waals surface area (Å²) in [5.41, 5.74) is 0. The predicted octanol–water partition coefficient (Wildman–Crippen LogP) is 2.23. The Bertz CT molecular complexity index is 240. The molecule has 1 fully saturated rings. The second-order valence-electron chi connectivity index (χ2n) is 4.68. The summed E-state index contributed by atoms with van der Waals surface area (Å²) < 4.78 is 4.59. The Kier molecular flexibility index (Phi) is 5.53. The molecular weight excluding hydrogens is 202 g/mol. The molecule has 16 heavy (non-hydrogen) atoms. The SMILES string of the molecule is COC(=O)C/C=C\C1CCN(C(C)C)CC1. The largest absolute Gasteiger partial charge is 0.469 e. The van der Waals surface area contributed by atoms with E-state index in [0.29, 0.717) is 18.4 Å². The van der Waals surface area contributed by atoms with Gasteiger partial charge in [-0.2, -0.15) is 0 Å². The van der Waals surface area contributed by atoms with E-state index < -0.39 is 0 Å². The van der Waals surface area contributed by atoms with Gasteiger partial charge in [0.05, 0.1) is 13.5 Å². The molecule has 0 N–H and O–H groups in total. The summed E-state index contributed by atoms with van der Waals surface area (Å²) in [4.78, 5) is 13.4. The molecule has 0 aromatic carbocycles. The Balaban J connectivity index is 2.24. The zero-order chi connectivity index (χ0) is 12.0. The molecule has 0 radical (unpaired) electrons. The highest BCUT2D eigenvalue weighted by molar-refractivity contribution is 5.70. The normalized spacial score (nSPS) is 19.5. The van der Waals surface area contributed by atoms with Gasteiger partial charge < -0.3 is 9.64 Å². The maximum absolute atomic E-state index is 10.9. The van der Waals surface area contributed by atoms with E-state index in [4.69, 9.17) is 0 Å². The summed E-state index contributed by atoms with van der Waals surface area (Å²) in [6.45, 7) is 6.83. The van der Waals surface area contributed by atoms with Crippen molar-refractivity contribution in [1.29, 1.82) is 0 Å². The molecule has 0 unspecified atom stereocenters. The summed E-state index contributed by atoms with van der Waals surface area (Å²) >= 11 is 0. The topological polar surface area (TPSA) is 29.5 Å². The Morgan fingerprint density at radius 3 is 2.56 bits per heavy atom. The zero-order valence-corrected chi connectivity index (χ0v) is 10.6. The number of hydrogen-bond acceptors (Lipinski definition) is 3. The number of allylic oxidation sites excluding steroid dienone is 1. The lowest BCUT2D eigenvalue weighted by molar-refractivity contribution is -0.139. The van der Waals surface area contributed by atoms with Crippen LogP contribution in [-0.4, -0.2) is 37.1 Å². The van der Waals surface area contributed by atoms with Crippen LogP contribution in [0.2, 0.25) is 0 Å². The number of piperidine rings is 1. The number of nitrogens with zero attached hydrogens (tertiary/aromatic N) is 1. The number of methoxy groups -OCH3 is 1. The minimum Gasteiger partial charge on any atom is -0.469 e. The molecule has 0 aliphatic carbocycles. The maximum Gasteiger partial charge on any atom is 0.309 e. The van der Waals surface area contributed by atoms with Crippen LogP contribution in [-0.2, 0) is 9.53 Å². The smallest absolute Gasteiger partial charge is 0.309 e. The van der Waals surface area contributed by atoms with Crippen molar-refractivity contribution in [2.45, 2.75) is 39.2 Å². The molecule has 0 saturated carbocycles. The van der Waals surface area contributed by atoms with Gasteiger partial charge in [-0.1, -0.05) is 12.2 Å². The van der Waals surface area contributed by atoms with E-state index in [1.807, 2.05) is 6.08 Å². The Hall–Kier alpha value is -0.830. The third-order valence-corrected chi connectivity index (χ3v) is 3.22. The molecule has 1 aliphatic rings. The maximum atomic E-state index is 10.9. The van der Waals surface area contributed by atoms with Gasteiger partial charge in [0.2, 0.25) is 0 Å². The molecule has 1 aliphatic heterocycles. The first kappa shape index (κ1) is 13.2. The molecule has 1 heterocycles. The van der Waals surface area contributed by atoms with Gasteiger partial charge >= 0.3 is 5.97 Å². The standard InChI is InChI=1S/C13H23NO2/c1-11(2)14-9-7-12(8-10-14)5-4-6-13(15)16-3/h4-5,11-12H,6-10H2,1-3H3/b5-4-. The van der Waals surface area contributed by atoms with E-state index >= 15 is 0 Å². The highest BCUT2D eigenvalue weighted by Crippen LogP contribution is 2.20. The van der Waals surface area contributed by atoms with Gasteiger partial charge in [0.1, 0.15) is 0 Å². The van der Waals surface area contributed by atoms with Crippen LogP contribution in [0.1, 0.15) is 33.1 Å². The van der Waals surface area contributed by atoms with Crippen molar-refractivity contribution in [3.8, 4) is 0 Å². The monoisotopic (exact) mass is 225 g/mol. The van der Waals surface area contributed by atoms with Gasteiger partial charge in [0.15, 0.2) is 0 Å². The molecule has 0 aromatic rings. The summed E-state index contributed by atoms with van der Waals surface area (Å²) in [6.07, 6.45) is 6.93. The van der Waals surface area contributed by atoms with Crippen LogP contribution < -0.4 is 0 Å². The van der Waals surface area contributed by atoms with Crippen molar-refractivity contribution in [3.63, 3.8) is 0 Å².